The maximum Gasteiger partial charge on any atom is 0.280 e. The fraction of sp³-hybridized carbons (Fsp3) is 0.318. The highest BCUT2D eigenvalue weighted by molar-refractivity contribution is 5.84. The van der Waals surface area contributed by atoms with E-state index in [1.54, 1.807) is 37.8 Å². The summed E-state index contributed by atoms with van der Waals surface area (Å²) in [4.78, 5) is 17.9. The number of fused-ring (bicyclic) bond motifs is 2. The molecule has 0 fully saturated rings. The lowest BCUT2D eigenvalue weighted by Gasteiger charge is -2.26. The van der Waals surface area contributed by atoms with Gasteiger partial charge in [0.2, 0.25) is 0 Å². The Balaban J connectivity index is 1.56. The molecule has 0 N–H and O–H groups in total. The van der Waals surface area contributed by atoms with Gasteiger partial charge in [0.25, 0.3) is 5.56 Å². The second kappa shape index (κ2) is 8.04. The van der Waals surface area contributed by atoms with E-state index in [4.69, 9.17) is 14.2 Å². The molecule has 0 radical (unpaired) electrons. The van der Waals surface area contributed by atoms with Crippen LogP contribution in [0.1, 0.15) is 19.9 Å². The van der Waals surface area contributed by atoms with Crippen LogP contribution in [0.15, 0.2) is 47.7 Å². The largest absolute Gasteiger partial charge is 0.486 e. The van der Waals surface area contributed by atoms with Crippen molar-refractivity contribution in [1.82, 2.24) is 29.5 Å². The lowest BCUT2D eigenvalue weighted by atomic mass is 10.1. The molecule has 3 aromatic heterocycles. The Morgan fingerprint density at radius 3 is 2.94 bits per heavy atom. The predicted octanol–water partition coefficient (Wildman–Crippen LogP) is 2.41. The van der Waals surface area contributed by atoms with Gasteiger partial charge in [0.1, 0.15) is 18.6 Å². The van der Waals surface area contributed by atoms with E-state index in [2.05, 4.69) is 20.3 Å². The summed E-state index contributed by atoms with van der Waals surface area (Å²) in [5.41, 5.74) is 0.303. The molecule has 1 unspecified atom stereocenters. The van der Waals surface area contributed by atoms with Crippen molar-refractivity contribution in [2.45, 2.75) is 26.0 Å². The number of methoxy groups -OCH3 is 1. The third-order valence-corrected chi connectivity index (χ3v) is 5.23. The summed E-state index contributed by atoms with van der Waals surface area (Å²) in [7, 11) is 1.61. The normalized spacial score (nSPS) is 15.4. The van der Waals surface area contributed by atoms with E-state index in [1.165, 1.54) is 4.68 Å². The van der Waals surface area contributed by atoms with Crippen LogP contribution in [0.2, 0.25) is 0 Å². The van der Waals surface area contributed by atoms with E-state index < -0.39 is 0 Å². The molecule has 0 aliphatic carbocycles. The molecule has 0 bridgehead atoms. The minimum absolute atomic E-state index is 0.170. The summed E-state index contributed by atoms with van der Waals surface area (Å²) in [6.07, 6.45) is 3.08. The molecular formula is C22H22N6O4. The fourth-order valence-corrected chi connectivity index (χ4v) is 3.66. The van der Waals surface area contributed by atoms with Crippen LogP contribution in [0.5, 0.6) is 11.5 Å². The van der Waals surface area contributed by atoms with Crippen LogP contribution in [-0.2, 0) is 4.74 Å². The zero-order chi connectivity index (χ0) is 22.2. The standard InChI is InChI=1S/C22H22N6O4/c1-13(2)27-12-23-26-21(27)17-5-4-6-20(25-17)28-22(29)16-8-18-19(7-14(16)9-24-28)32-15(10-30-3)11-31-18/h4-9,12-13,15H,10-11H2,1-3H3. The zero-order valence-corrected chi connectivity index (χ0v) is 17.9. The molecular weight excluding hydrogens is 412 g/mol. The summed E-state index contributed by atoms with van der Waals surface area (Å²) in [6, 6.07) is 9.00. The Labute approximate surface area is 183 Å². The molecule has 10 nitrogen and oxygen atoms in total. The number of rotatable bonds is 5. The van der Waals surface area contributed by atoms with Gasteiger partial charge in [-0.05, 0) is 38.1 Å². The minimum Gasteiger partial charge on any atom is -0.486 e. The van der Waals surface area contributed by atoms with E-state index in [-0.39, 0.29) is 17.7 Å². The lowest BCUT2D eigenvalue weighted by molar-refractivity contribution is 0.0274. The summed E-state index contributed by atoms with van der Waals surface area (Å²) in [5.74, 6) is 2.10. The van der Waals surface area contributed by atoms with Gasteiger partial charge >= 0.3 is 0 Å². The quantitative estimate of drug-likeness (QED) is 0.471. The first-order valence-corrected chi connectivity index (χ1v) is 10.3. The zero-order valence-electron chi connectivity index (χ0n) is 17.9. The lowest BCUT2D eigenvalue weighted by Crippen LogP contribution is -2.33. The van der Waals surface area contributed by atoms with Gasteiger partial charge in [0, 0.05) is 18.5 Å². The summed E-state index contributed by atoms with van der Waals surface area (Å²) in [6.45, 7) is 4.85. The molecule has 0 spiro atoms. The van der Waals surface area contributed by atoms with E-state index in [0.29, 0.717) is 52.8 Å². The van der Waals surface area contributed by atoms with E-state index in [9.17, 15) is 4.79 Å². The van der Waals surface area contributed by atoms with Gasteiger partial charge in [0.05, 0.1) is 18.2 Å². The van der Waals surface area contributed by atoms with Gasteiger partial charge in [-0.25, -0.2) is 4.98 Å². The van der Waals surface area contributed by atoms with Crippen molar-refractivity contribution in [3.8, 4) is 28.8 Å². The van der Waals surface area contributed by atoms with Crippen molar-refractivity contribution in [2.75, 3.05) is 20.3 Å². The molecule has 164 valence electrons. The third kappa shape index (κ3) is 3.48. The second-order valence-electron chi connectivity index (χ2n) is 7.79. The molecule has 0 saturated carbocycles. The van der Waals surface area contributed by atoms with Gasteiger partial charge < -0.3 is 18.8 Å². The summed E-state index contributed by atoms with van der Waals surface area (Å²) < 4.78 is 20.0. The van der Waals surface area contributed by atoms with E-state index >= 15 is 0 Å². The van der Waals surface area contributed by atoms with Gasteiger partial charge in [-0.1, -0.05) is 6.07 Å². The molecule has 1 atom stereocenters. The average Bonchev–Trinajstić information content (AvgIpc) is 3.29. The number of nitrogens with zero attached hydrogens (tertiary/aromatic N) is 6. The van der Waals surface area contributed by atoms with Crippen LogP contribution in [0.3, 0.4) is 0 Å². The maximum atomic E-state index is 13.3. The van der Waals surface area contributed by atoms with Crippen LogP contribution in [0.4, 0.5) is 0 Å². The molecule has 4 aromatic rings. The van der Waals surface area contributed by atoms with Gasteiger partial charge in [-0.15, -0.1) is 10.2 Å². The van der Waals surface area contributed by atoms with Crippen molar-refractivity contribution in [1.29, 1.82) is 0 Å². The molecule has 0 saturated heterocycles. The van der Waals surface area contributed by atoms with E-state index in [0.717, 1.165) is 0 Å². The van der Waals surface area contributed by atoms with E-state index in [1.807, 2.05) is 30.5 Å². The Kier molecular flexibility index (Phi) is 5.06. The highest BCUT2D eigenvalue weighted by atomic mass is 16.6. The fourth-order valence-electron chi connectivity index (χ4n) is 3.66. The first kappa shape index (κ1) is 20.1. The molecule has 1 aliphatic rings. The van der Waals surface area contributed by atoms with Crippen LogP contribution in [0.25, 0.3) is 28.1 Å². The summed E-state index contributed by atoms with van der Waals surface area (Å²) in [5, 5.41) is 13.6. The minimum atomic E-state index is -0.303. The monoisotopic (exact) mass is 434 g/mol. The van der Waals surface area contributed by atoms with Crippen molar-refractivity contribution >= 4 is 10.8 Å². The molecule has 4 heterocycles. The van der Waals surface area contributed by atoms with Crippen molar-refractivity contribution in [2.24, 2.45) is 0 Å². The van der Waals surface area contributed by atoms with Crippen LogP contribution >= 0.6 is 0 Å². The molecule has 0 amide bonds. The van der Waals surface area contributed by atoms with Gasteiger partial charge in [-0.2, -0.15) is 9.78 Å². The number of benzene rings is 1. The number of hydrogen-bond acceptors (Lipinski definition) is 8. The molecule has 1 aromatic carbocycles. The third-order valence-electron chi connectivity index (χ3n) is 5.23. The van der Waals surface area contributed by atoms with Crippen molar-refractivity contribution in [3.05, 3.63) is 53.2 Å². The first-order chi connectivity index (χ1) is 15.5. The smallest absolute Gasteiger partial charge is 0.280 e. The second-order valence-corrected chi connectivity index (χ2v) is 7.79. The Bertz CT molecular complexity index is 1350. The SMILES string of the molecule is COCC1COc2cc3c(=O)n(-c4cccc(-c5nncn5C(C)C)n4)ncc3cc2O1. The van der Waals surface area contributed by atoms with Crippen LogP contribution in [-0.4, -0.2) is 56.0 Å². The number of hydrogen-bond donors (Lipinski definition) is 0. The first-order valence-electron chi connectivity index (χ1n) is 10.3. The van der Waals surface area contributed by atoms with Gasteiger partial charge in [-0.3, -0.25) is 4.79 Å². The Morgan fingerprint density at radius 2 is 2.12 bits per heavy atom. The number of pyridine rings is 1. The molecule has 32 heavy (non-hydrogen) atoms. The maximum absolute atomic E-state index is 13.3. The number of ether oxygens (including phenoxy) is 3. The Hall–Kier alpha value is -3.79. The van der Waals surface area contributed by atoms with Crippen LogP contribution < -0.4 is 15.0 Å². The molecule has 1 aliphatic heterocycles. The van der Waals surface area contributed by atoms with Crippen molar-refractivity contribution in [3.63, 3.8) is 0 Å². The molecule has 5 rings (SSSR count). The average molecular weight is 434 g/mol. The van der Waals surface area contributed by atoms with Crippen LogP contribution in [0, 0.1) is 0 Å². The van der Waals surface area contributed by atoms with Gasteiger partial charge in [0.15, 0.2) is 29.2 Å². The highest BCUT2D eigenvalue weighted by Crippen LogP contribution is 2.35. The predicted molar refractivity (Wildman–Crippen MR) is 116 cm³/mol. The van der Waals surface area contributed by atoms with Crippen molar-refractivity contribution < 1.29 is 14.2 Å². The number of aromatic nitrogens is 6. The Morgan fingerprint density at radius 1 is 1.25 bits per heavy atom. The molecule has 10 heteroatoms. The summed E-state index contributed by atoms with van der Waals surface area (Å²) >= 11 is 0. The topological polar surface area (TPSA) is 106 Å². The highest BCUT2D eigenvalue weighted by Gasteiger charge is 2.23.